The van der Waals surface area contributed by atoms with Gasteiger partial charge in [0.15, 0.2) is 0 Å². The van der Waals surface area contributed by atoms with Crippen LogP contribution in [0.4, 0.5) is 26.3 Å². The maximum Gasteiger partial charge on any atom is 0.434 e. The molecule has 0 aliphatic rings. The summed E-state index contributed by atoms with van der Waals surface area (Å²) in [7, 11) is 0. The van der Waals surface area contributed by atoms with E-state index in [4.69, 9.17) is 0 Å². The Morgan fingerprint density at radius 1 is 1.00 bits per heavy atom. The maximum absolute atomic E-state index is 12.1. The summed E-state index contributed by atoms with van der Waals surface area (Å²) in [6.45, 7) is 0. The fourth-order valence-corrected chi connectivity index (χ4v) is 0.991. The highest BCUT2D eigenvalue weighted by atomic mass is 79.9. The molecule has 0 saturated heterocycles. The number of alkyl halides is 6. The van der Waals surface area contributed by atoms with Crippen molar-refractivity contribution in [1.82, 2.24) is 9.97 Å². The van der Waals surface area contributed by atoms with E-state index in [0.717, 1.165) is 12.4 Å². The second-order valence-electron chi connectivity index (χ2n) is 2.76. The van der Waals surface area contributed by atoms with Crippen LogP contribution in [0.3, 0.4) is 0 Å². The first-order valence-corrected chi connectivity index (χ1v) is 4.67. The summed E-state index contributed by atoms with van der Waals surface area (Å²) in [6.07, 6.45) is -13.2. The van der Waals surface area contributed by atoms with Crippen LogP contribution in [-0.4, -0.2) is 28.4 Å². The van der Waals surface area contributed by atoms with Gasteiger partial charge in [0.05, 0.1) is 4.47 Å². The van der Waals surface area contributed by atoms with Crippen molar-refractivity contribution in [1.29, 1.82) is 0 Å². The molecule has 0 bridgehead atoms. The van der Waals surface area contributed by atoms with Gasteiger partial charge in [-0.25, -0.2) is 9.97 Å². The molecular formula is C7H3BrF6N2O. The van der Waals surface area contributed by atoms with E-state index in [2.05, 4.69) is 30.6 Å². The number of hydrogen-bond donors (Lipinski definition) is 0. The van der Waals surface area contributed by atoms with Gasteiger partial charge in [-0.05, 0) is 15.9 Å². The van der Waals surface area contributed by atoms with Crippen molar-refractivity contribution in [3.63, 3.8) is 0 Å². The van der Waals surface area contributed by atoms with Crippen LogP contribution in [0.1, 0.15) is 0 Å². The third-order valence-corrected chi connectivity index (χ3v) is 1.82. The molecule has 0 unspecified atom stereocenters. The van der Waals surface area contributed by atoms with E-state index < -0.39 is 24.5 Å². The molecule has 0 amide bonds. The lowest BCUT2D eigenvalue weighted by Crippen LogP contribution is -2.46. The molecule has 0 saturated carbocycles. The first kappa shape index (κ1) is 14.0. The highest BCUT2D eigenvalue weighted by Gasteiger charge is 2.59. The van der Waals surface area contributed by atoms with Gasteiger partial charge in [-0.15, -0.1) is 0 Å². The van der Waals surface area contributed by atoms with Gasteiger partial charge in [0.25, 0.3) is 6.10 Å². The topological polar surface area (TPSA) is 35.0 Å². The molecule has 10 heteroatoms. The van der Waals surface area contributed by atoms with Gasteiger partial charge in [0.2, 0.25) is 0 Å². The van der Waals surface area contributed by atoms with Crippen molar-refractivity contribution < 1.29 is 31.1 Å². The summed E-state index contributed by atoms with van der Waals surface area (Å²) < 4.78 is 76.4. The summed E-state index contributed by atoms with van der Waals surface area (Å²) in [6, 6.07) is -1.01. The number of hydrogen-bond acceptors (Lipinski definition) is 3. The van der Waals surface area contributed by atoms with Gasteiger partial charge in [0.1, 0.15) is 0 Å². The quantitative estimate of drug-likeness (QED) is 0.784. The van der Waals surface area contributed by atoms with Crippen molar-refractivity contribution >= 4 is 15.9 Å². The van der Waals surface area contributed by atoms with E-state index >= 15 is 0 Å². The van der Waals surface area contributed by atoms with Crippen LogP contribution in [0.15, 0.2) is 16.9 Å². The maximum atomic E-state index is 12.1. The minimum absolute atomic E-state index is 0.292. The van der Waals surface area contributed by atoms with Crippen molar-refractivity contribution in [2.45, 2.75) is 18.5 Å². The smallest absolute Gasteiger partial charge is 0.434 e. The molecule has 0 aliphatic carbocycles. The molecule has 17 heavy (non-hydrogen) atoms. The minimum atomic E-state index is -5.59. The number of rotatable bonds is 2. The molecule has 0 spiro atoms. The predicted molar refractivity (Wildman–Crippen MR) is 46.3 cm³/mol. The Balaban J connectivity index is 2.92. The van der Waals surface area contributed by atoms with Gasteiger partial charge < -0.3 is 4.74 Å². The van der Waals surface area contributed by atoms with Crippen LogP contribution in [0.25, 0.3) is 0 Å². The lowest BCUT2D eigenvalue weighted by atomic mass is 10.3. The fraction of sp³-hybridized carbons (Fsp3) is 0.429. The Kier molecular flexibility index (Phi) is 3.84. The number of nitrogens with zero attached hydrogens (tertiary/aromatic N) is 2. The third-order valence-electron chi connectivity index (χ3n) is 1.41. The summed E-state index contributed by atoms with van der Waals surface area (Å²) in [5, 5.41) is 0. The van der Waals surface area contributed by atoms with Crippen LogP contribution >= 0.6 is 15.9 Å². The van der Waals surface area contributed by atoms with Crippen LogP contribution in [0.2, 0.25) is 0 Å². The average molecular weight is 325 g/mol. The predicted octanol–water partition coefficient (Wildman–Crippen LogP) is 3.11. The summed E-state index contributed by atoms with van der Waals surface area (Å²) in [4.78, 5) is 6.33. The monoisotopic (exact) mass is 324 g/mol. The summed E-state index contributed by atoms with van der Waals surface area (Å²) >= 11 is 2.87. The van der Waals surface area contributed by atoms with Gasteiger partial charge in [-0.1, -0.05) is 0 Å². The van der Waals surface area contributed by atoms with Crippen LogP contribution in [0.5, 0.6) is 6.01 Å². The molecule has 1 rings (SSSR count). The molecule has 1 aromatic rings. The standard InChI is InChI=1S/C7H3BrF6N2O/c8-3-1-15-5(16-2-3)17-4(6(9,10)11)7(12,13)14/h1-2,4H. The molecule has 0 aromatic carbocycles. The molecule has 3 nitrogen and oxygen atoms in total. The highest BCUT2D eigenvalue weighted by Crippen LogP contribution is 2.35. The zero-order valence-corrected chi connectivity index (χ0v) is 9.27. The second-order valence-corrected chi connectivity index (χ2v) is 3.68. The Hall–Kier alpha value is -1.06. The fourth-order valence-electron chi connectivity index (χ4n) is 0.786. The number of halogens is 7. The first-order chi connectivity index (χ1) is 7.60. The minimum Gasteiger partial charge on any atom is -0.441 e. The normalized spacial score (nSPS) is 12.9. The number of ether oxygens (including phenoxy) is 1. The molecule has 96 valence electrons. The van der Waals surface area contributed by atoms with Gasteiger partial charge in [0, 0.05) is 12.4 Å². The zero-order chi connectivity index (χ0) is 13.3. The van der Waals surface area contributed by atoms with Crippen molar-refractivity contribution in [2.24, 2.45) is 0 Å². The van der Waals surface area contributed by atoms with Gasteiger partial charge in [-0.2, -0.15) is 26.3 Å². The lowest BCUT2D eigenvalue weighted by molar-refractivity contribution is -0.301. The third kappa shape index (κ3) is 4.02. The first-order valence-electron chi connectivity index (χ1n) is 3.88. The zero-order valence-electron chi connectivity index (χ0n) is 7.68. The average Bonchev–Trinajstić information content (AvgIpc) is 2.13. The molecule has 0 N–H and O–H groups in total. The second kappa shape index (κ2) is 4.67. The summed E-state index contributed by atoms with van der Waals surface area (Å²) in [5.74, 6) is 0. The lowest BCUT2D eigenvalue weighted by Gasteiger charge is -2.22. The van der Waals surface area contributed by atoms with Gasteiger partial charge in [-0.3, -0.25) is 0 Å². The molecule has 1 aromatic heterocycles. The molecule has 0 atom stereocenters. The highest BCUT2D eigenvalue weighted by molar-refractivity contribution is 9.10. The van der Waals surface area contributed by atoms with Crippen LogP contribution < -0.4 is 4.74 Å². The van der Waals surface area contributed by atoms with E-state index in [9.17, 15) is 26.3 Å². The Labute approximate surface area is 98.9 Å². The molecule has 1 heterocycles. The van der Waals surface area contributed by atoms with Gasteiger partial charge >= 0.3 is 18.4 Å². The van der Waals surface area contributed by atoms with E-state index in [1.54, 1.807) is 0 Å². The van der Waals surface area contributed by atoms with Crippen LogP contribution in [0, 0.1) is 0 Å². The van der Waals surface area contributed by atoms with E-state index in [-0.39, 0.29) is 0 Å². The Bertz CT molecular complexity index is 361. The van der Waals surface area contributed by atoms with Crippen LogP contribution in [-0.2, 0) is 0 Å². The number of aromatic nitrogens is 2. The largest absolute Gasteiger partial charge is 0.441 e. The molecular weight excluding hydrogens is 322 g/mol. The van der Waals surface area contributed by atoms with E-state index in [1.165, 1.54) is 0 Å². The van der Waals surface area contributed by atoms with Crippen molar-refractivity contribution in [2.75, 3.05) is 0 Å². The van der Waals surface area contributed by atoms with Crippen molar-refractivity contribution in [3.05, 3.63) is 16.9 Å². The van der Waals surface area contributed by atoms with E-state index in [1.807, 2.05) is 0 Å². The Morgan fingerprint density at radius 2 is 1.41 bits per heavy atom. The molecule has 0 fully saturated rings. The van der Waals surface area contributed by atoms with Crippen molar-refractivity contribution in [3.8, 4) is 6.01 Å². The Morgan fingerprint density at radius 3 is 1.76 bits per heavy atom. The SMILES string of the molecule is FC(F)(F)C(Oc1ncc(Br)cn1)C(F)(F)F. The summed E-state index contributed by atoms with van der Waals surface area (Å²) in [5.41, 5.74) is 0. The molecule has 0 radical (unpaired) electrons. The van der Waals surface area contributed by atoms with E-state index in [0.29, 0.717) is 4.47 Å². The molecule has 0 aliphatic heterocycles.